The average molecular weight is 436 g/mol. The zero-order valence-corrected chi connectivity index (χ0v) is 18.1. The van der Waals surface area contributed by atoms with Gasteiger partial charge in [0, 0.05) is 29.5 Å². The highest BCUT2D eigenvalue weighted by Gasteiger charge is 2.37. The Morgan fingerprint density at radius 3 is 2.38 bits per heavy atom. The number of aryl methyl sites for hydroxylation is 1. The van der Waals surface area contributed by atoms with E-state index in [1.807, 2.05) is 26.0 Å². The van der Waals surface area contributed by atoms with E-state index in [9.17, 15) is 4.39 Å². The van der Waals surface area contributed by atoms with Gasteiger partial charge in [0.15, 0.2) is 23.1 Å². The molecule has 0 aromatic heterocycles. The number of fused-ring (bicyclic) bond motifs is 3. The van der Waals surface area contributed by atoms with Crippen LogP contribution >= 0.6 is 0 Å². The van der Waals surface area contributed by atoms with Crippen LogP contribution in [0.3, 0.4) is 0 Å². The molecule has 3 aromatic rings. The third kappa shape index (κ3) is 2.71. The summed E-state index contributed by atoms with van der Waals surface area (Å²) < 4.78 is 52.8. The van der Waals surface area contributed by atoms with Gasteiger partial charge in [0.2, 0.25) is 5.75 Å². The molecule has 6 heteroatoms. The van der Waals surface area contributed by atoms with Crippen molar-refractivity contribution in [3.63, 3.8) is 0 Å². The van der Waals surface area contributed by atoms with E-state index in [1.54, 1.807) is 6.07 Å². The Labute approximate surface area is 184 Å². The Morgan fingerprint density at radius 1 is 0.781 bits per heavy atom. The maximum absolute atomic E-state index is 15.2. The lowest BCUT2D eigenvalue weighted by atomic mass is 9.92. The van der Waals surface area contributed by atoms with Crippen molar-refractivity contribution in [2.24, 2.45) is 0 Å². The van der Waals surface area contributed by atoms with Crippen molar-refractivity contribution < 1.29 is 27.7 Å². The van der Waals surface area contributed by atoms with E-state index >= 15 is 4.39 Å². The van der Waals surface area contributed by atoms with E-state index in [0.717, 1.165) is 40.0 Å². The minimum Gasteiger partial charge on any atom is -0.493 e. The molecule has 4 nitrogen and oxygen atoms in total. The number of halogens is 2. The first kappa shape index (κ1) is 19.4. The van der Waals surface area contributed by atoms with Crippen LogP contribution in [0.1, 0.15) is 51.3 Å². The molecule has 0 radical (unpaired) electrons. The minimum atomic E-state index is -0.904. The number of benzene rings is 3. The van der Waals surface area contributed by atoms with Gasteiger partial charge >= 0.3 is 0 Å². The van der Waals surface area contributed by atoms with Crippen LogP contribution in [0, 0.1) is 32.4 Å². The third-order valence-corrected chi connectivity index (χ3v) is 6.83. The summed E-state index contributed by atoms with van der Waals surface area (Å²) in [5.41, 5.74) is 6.32. The van der Waals surface area contributed by atoms with Crippen molar-refractivity contribution in [3.8, 4) is 23.0 Å². The Hall–Kier alpha value is -3.28. The number of ether oxygens (including phenoxy) is 4. The largest absolute Gasteiger partial charge is 0.493 e. The third-order valence-electron chi connectivity index (χ3n) is 6.83. The van der Waals surface area contributed by atoms with Crippen molar-refractivity contribution in [1.82, 2.24) is 0 Å². The molecular formula is C26H22F2O4. The van der Waals surface area contributed by atoms with Gasteiger partial charge in [0.1, 0.15) is 11.9 Å². The van der Waals surface area contributed by atoms with Crippen LogP contribution in [-0.4, -0.2) is 6.61 Å². The maximum atomic E-state index is 15.2. The van der Waals surface area contributed by atoms with Crippen molar-refractivity contribution in [3.05, 3.63) is 80.9 Å². The molecule has 32 heavy (non-hydrogen) atoms. The summed E-state index contributed by atoms with van der Waals surface area (Å²) in [4.78, 5) is 0. The number of hydrogen-bond donors (Lipinski definition) is 0. The van der Waals surface area contributed by atoms with Crippen LogP contribution in [0.25, 0.3) is 0 Å². The monoisotopic (exact) mass is 436 g/mol. The fourth-order valence-electron chi connectivity index (χ4n) is 5.03. The van der Waals surface area contributed by atoms with Gasteiger partial charge in [-0.2, -0.15) is 0 Å². The summed E-state index contributed by atoms with van der Waals surface area (Å²) in [6.07, 6.45) is 0.235. The number of rotatable bonds is 2. The zero-order valence-electron chi connectivity index (χ0n) is 18.1. The highest BCUT2D eigenvalue weighted by atomic mass is 19.1. The molecule has 0 fully saturated rings. The van der Waals surface area contributed by atoms with Crippen LogP contribution in [0.2, 0.25) is 0 Å². The van der Waals surface area contributed by atoms with Crippen molar-refractivity contribution in [2.75, 3.05) is 6.61 Å². The average Bonchev–Trinajstić information content (AvgIpc) is 3.52. The van der Waals surface area contributed by atoms with Crippen LogP contribution in [-0.2, 0) is 12.8 Å². The van der Waals surface area contributed by atoms with E-state index < -0.39 is 17.9 Å². The maximum Gasteiger partial charge on any atom is 0.268 e. The Balaban J connectivity index is 1.35. The van der Waals surface area contributed by atoms with Crippen LogP contribution in [0.5, 0.6) is 23.0 Å². The summed E-state index contributed by atoms with van der Waals surface area (Å²) in [7, 11) is 0. The highest BCUT2D eigenvalue weighted by molar-refractivity contribution is 5.55. The fourth-order valence-corrected chi connectivity index (χ4v) is 5.03. The molecule has 0 bridgehead atoms. The lowest BCUT2D eigenvalue weighted by Gasteiger charge is -2.16. The molecule has 3 aliphatic heterocycles. The molecule has 0 amide bonds. The van der Waals surface area contributed by atoms with Crippen LogP contribution in [0.15, 0.2) is 30.3 Å². The Morgan fingerprint density at radius 2 is 1.56 bits per heavy atom. The zero-order chi connectivity index (χ0) is 22.1. The van der Waals surface area contributed by atoms with Gasteiger partial charge in [-0.25, -0.2) is 8.78 Å². The fraction of sp³-hybridized carbons (Fsp3) is 0.308. The molecule has 6 rings (SSSR count). The molecule has 3 aliphatic rings. The number of hydrogen-bond acceptors (Lipinski definition) is 4. The summed E-state index contributed by atoms with van der Waals surface area (Å²) >= 11 is 0. The standard InChI is InChI=1S/C26H22F2O4/c1-12-4-6-19(27)25-23(12)31-26(32-25)18-10-20(28)24-17(14(18)3)11-22(30-24)15-5-7-21-16(13(15)2)8-9-29-21/h4-7,10,22,26H,8-9,11H2,1-3H3. The smallest absolute Gasteiger partial charge is 0.268 e. The quantitative estimate of drug-likeness (QED) is 0.496. The van der Waals surface area contributed by atoms with Crippen LogP contribution < -0.4 is 18.9 Å². The molecule has 3 aromatic carbocycles. The van der Waals surface area contributed by atoms with E-state index in [-0.39, 0.29) is 17.6 Å². The highest BCUT2D eigenvalue weighted by Crippen LogP contribution is 2.48. The van der Waals surface area contributed by atoms with Gasteiger partial charge in [-0.15, -0.1) is 0 Å². The first-order valence-electron chi connectivity index (χ1n) is 10.8. The molecular weight excluding hydrogens is 414 g/mol. The first-order valence-corrected chi connectivity index (χ1v) is 10.8. The van der Waals surface area contributed by atoms with Crippen molar-refractivity contribution in [1.29, 1.82) is 0 Å². The predicted molar refractivity (Wildman–Crippen MR) is 114 cm³/mol. The summed E-state index contributed by atoms with van der Waals surface area (Å²) in [5, 5.41) is 0. The van der Waals surface area contributed by atoms with Gasteiger partial charge < -0.3 is 18.9 Å². The Bertz CT molecular complexity index is 1250. The van der Waals surface area contributed by atoms with Crippen molar-refractivity contribution in [2.45, 2.75) is 46.0 Å². The second-order valence-electron chi connectivity index (χ2n) is 8.64. The summed E-state index contributed by atoms with van der Waals surface area (Å²) in [6.45, 7) is 6.48. The topological polar surface area (TPSA) is 36.9 Å². The van der Waals surface area contributed by atoms with E-state index in [0.29, 0.717) is 24.3 Å². The molecule has 0 aliphatic carbocycles. The molecule has 0 N–H and O–H groups in total. The normalized spacial score (nSPS) is 20.0. The summed E-state index contributed by atoms with van der Waals surface area (Å²) in [6, 6.07) is 8.34. The molecule has 2 unspecified atom stereocenters. The molecule has 2 atom stereocenters. The lowest BCUT2D eigenvalue weighted by molar-refractivity contribution is 0.0456. The van der Waals surface area contributed by atoms with E-state index in [4.69, 9.17) is 18.9 Å². The SMILES string of the molecule is Cc1ccc(F)c2c1OC(c1cc(F)c3c(c1C)CC(c1ccc4c(c1C)CCO4)O3)O2. The van der Waals surface area contributed by atoms with Gasteiger partial charge in [0.25, 0.3) is 6.29 Å². The van der Waals surface area contributed by atoms with Gasteiger partial charge in [-0.1, -0.05) is 12.1 Å². The van der Waals surface area contributed by atoms with E-state index in [1.165, 1.54) is 17.7 Å². The Kier molecular flexibility index (Phi) is 4.16. The van der Waals surface area contributed by atoms with Crippen LogP contribution in [0.4, 0.5) is 8.78 Å². The van der Waals surface area contributed by atoms with Crippen molar-refractivity contribution >= 4 is 0 Å². The molecule has 0 saturated carbocycles. The second kappa shape index (κ2) is 6.86. The van der Waals surface area contributed by atoms with Gasteiger partial charge in [-0.3, -0.25) is 0 Å². The molecule has 164 valence electrons. The first-order chi connectivity index (χ1) is 15.4. The van der Waals surface area contributed by atoms with E-state index in [2.05, 4.69) is 6.92 Å². The van der Waals surface area contributed by atoms with Gasteiger partial charge in [-0.05, 0) is 61.2 Å². The molecule has 0 spiro atoms. The minimum absolute atomic E-state index is 0.0698. The lowest BCUT2D eigenvalue weighted by Crippen LogP contribution is -2.11. The molecule has 0 saturated heterocycles. The predicted octanol–water partition coefficient (Wildman–Crippen LogP) is 5.97. The van der Waals surface area contributed by atoms with Gasteiger partial charge in [0.05, 0.1) is 6.61 Å². The summed E-state index contributed by atoms with van der Waals surface area (Å²) in [5.74, 6) is 0.660. The second-order valence-corrected chi connectivity index (χ2v) is 8.64. The molecule has 3 heterocycles.